The molecule has 0 bridgehead atoms. The molecule has 0 heterocycles. The van der Waals surface area contributed by atoms with Crippen LogP contribution in [0.15, 0.2) is 24.3 Å². The molecule has 0 aliphatic heterocycles. The summed E-state index contributed by atoms with van der Waals surface area (Å²) in [4.78, 5) is 11.5. The second-order valence-electron chi connectivity index (χ2n) is 4.32. The van der Waals surface area contributed by atoms with Crippen molar-refractivity contribution in [2.24, 2.45) is 11.7 Å². The summed E-state index contributed by atoms with van der Waals surface area (Å²) in [5.74, 6) is 0.657. The minimum absolute atomic E-state index is 0.0402. The van der Waals surface area contributed by atoms with Gasteiger partial charge in [-0.25, -0.2) is 0 Å². The van der Waals surface area contributed by atoms with E-state index < -0.39 is 0 Å². The summed E-state index contributed by atoms with van der Waals surface area (Å²) in [6.07, 6.45) is 1.33. The van der Waals surface area contributed by atoms with Gasteiger partial charge in [-0.05, 0) is 36.6 Å². The van der Waals surface area contributed by atoms with Crippen molar-refractivity contribution in [2.75, 3.05) is 6.54 Å². The Bertz CT molecular complexity index is 349. The highest BCUT2D eigenvalue weighted by atomic mass is 16.3. The third-order valence-electron chi connectivity index (χ3n) is 2.69. The molecule has 4 nitrogen and oxygen atoms in total. The Balaban J connectivity index is 2.26. The zero-order valence-electron chi connectivity index (χ0n) is 10.1. The highest BCUT2D eigenvalue weighted by Gasteiger charge is 2.05. The van der Waals surface area contributed by atoms with Crippen LogP contribution >= 0.6 is 0 Å². The second kappa shape index (κ2) is 6.91. The van der Waals surface area contributed by atoms with E-state index in [9.17, 15) is 4.79 Å². The number of amides is 1. The lowest BCUT2D eigenvalue weighted by Gasteiger charge is -2.08. The average molecular weight is 236 g/mol. The molecule has 1 aromatic rings. The number of carbonyl (C=O) groups is 1. The van der Waals surface area contributed by atoms with Gasteiger partial charge in [0.25, 0.3) is 0 Å². The van der Waals surface area contributed by atoms with E-state index in [2.05, 4.69) is 5.32 Å². The minimum atomic E-state index is 0.0402. The molecule has 0 spiro atoms. The molecule has 0 aromatic heterocycles. The van der Waals surface area contributed by atoms with Gasteiger partial charge >= 0.3 is 0 Å². The smallest absolute Gasteiger partial charge is 0.220 e. The second-order valence-corrected chi connectivity index (χ2v) is 4.32. The summed E-state index contributed by atoms with van der Waals surface area (Å²) in [7, 11) is 0. The third-order valence-corrected chi connectivity index (χ3v) is 2.69. The molecule has 0 aliphatic rings. The van der Waals surface area contributed by atoms with Crippen molar-refractivity contribution < 1.29 is 9.90 Å². The standard InChI is InChI=1S/C13H20N2O2/c1-10(8-14)2-7-13(17)15-9-11-3-5-12(16)6-4-11/h3-6,10,16H,2,7-9,14H2,1H3,(H,15,17). The van der Waals surface area contributed by atoms with Crippen LogP contribution in [0, 0.1) is 5.92 Å². The molecule has 0 aliphatic carbocycles. The third kappa shape index (κ3) is 5.36. The van der Waals surface area contributed by atoms with Gasteiger partial charge in [0.1, 0.15) is 5.75 Å². The molecule has 4 N–H and O–H groups in total. The monoisotopic (exact) mass is 236 g/mol. The van der Waals surface area contributed by atoms with Crippen LogP contribution in [0.2, 0.25) is 0 Å². The number of hydrogen-bond acceptors (Lipinski definition) is 3. The molecule has 4 heteroatoms. The highest BCUT2D eigenvalue weighted by Crippen LogP contribution is 2.09. The van der Waals surface area contributed by atoms with Crippen LogP contribution in [0.4, 0.5) is 0 Å². The van der Waals surface area contributed by atoms with Crippen molar-refractivity contribution in [3.63, 3.8) is 0 Å². The molecular formula is C13H20N2O2. The first-order chi connectivity index (χ1) is 8.11. The van der Waals surface area contributed by atoms with E-state index >= 15 is 0 Å². The molecule has 0 radical (unpaired) electrons. The average Bonchev–Trinajstić information content (AvgIpc) is 2.35. The van der Waals surface area contributed by atoms with Crippen LogP contribution in [0.3, 0.4) is 0 Å². The van der Waals surface area contributed by atoms with Gasteiger partial charge in [0, 0.05) is 13.0 Å². The van der Waals surface area contributed by atoms with Gasteiger partial charge < -0.3 is 16.2 Å². The van der Waals surface area contributed by atoms with E-state index in [0.29, 0.717) is 25.4 Å². The summed E-state index contributed by atoms with van der Waals surface area (Å²) in [6.45, 7) is 3.15. The van der Waals surface area contributed by atoms with Crippen molar-refractivity contribution in [3.8, 4) is 5.75 Å². The summed E-state index contributed by atoms with van der Waals surface area (Å²) in [5, 5.41) is 11.9. The fourth-order valence-corrected chi connectivity index (χ4v) is 1.40. The molecule has 94 valence electrons. The van der Waals surface area contributed by atoms with Crippen LogP contribution in [-0.4, -0.2) is 17.6 Å². The number of rotatable bonds is 6. The Morgan fingerprint density at radius 2 is 2.06 bits per heavy atom. The number of carbonyl (C=O) groups excluding carboxylic acids is 1. The lowest BCUT2D eigenvalue weighted by atomic mass is 10.1. The first-order valence-corrected chi connectivity index (χ1v) is 5.86. The zero-order chi connectivity index (χ0) is 12.7. The SMILES string of the molecule is CC(CN)CCC(=O)NCc1ccc(O)cc1. The van der Waals surface area contributed by atoms with Crippen molar-refractivity contribution >= 4 is 5.91 Å². The maximum absolute atomic E-state index is 11.5. The van der Waals surface area contributed by atoms with Gasteiger partial charge in [-0.3, -0.25) is 4.79 Å². The fourth-order valence-electron chi connectivity index (χ4n) is 1.40. The van der Waals surface area contributed by atoms with Crippen LogP contribution < -0.4 is 11.1 Å². The van der Waals surface area contributed by atoms with Crippen molar-refractivity contribution in [1.82, 2.24) is 5.32 Å². The van der Waals surface area contributed by atoms with Gasteiger partial charge in [0.2, 0.25) is 5.91 Å². The Morgan fingerprint density at radius 1 is 1.41 bits per heavy atom. The van der Waals surface area contributed by atoms with Crippen LogP contribution in [-0.2, 0) is 11.3 Å². The zero-order valence-corrected chi connectivity index (χ0v) is 10.1. The Labute approximate surface area is 102 Å². The minimum Gasteiger partial charge on any atom is -0.508 e. The Hall–Kier alpha value is -1.55. The lowest BCUT2D eigenvalue weighted by molar-refractivity contribution is -0.121. The number of nitrogens with one attached hydrogen (secondary N) is 1. The van der Waals surface area contributed by atoms with Crippen molar-refractivity contribution in [1.29, 1.82) is 0 Å². The maximum atomic E-state index is 11.5. The van der Waals surface area contributed by atoms with Crippen LogP contribution in [0.25, 0.3) is 0 Å². The lowest BCUT2D eigenvalue weighted by Crippen LogP contribution is -2.23. The Morgan fingerprint density at radius 3 is 2.65 bits per heavy atom. The van der Waals surface area contributed by atoms with E-state index in [0.717, 1.165) is 12.0 Å². The van der Waals surface area contributed by atoms with Crippen molar-refractivity contribution in [3.05, 3.63) is 29.8 Å². The Kier molecular flexibility index (Phi) is 5.49. The topological polar surface area (TPSA) is 75.4 Å². The van der Waals surface area contributed by atoms with E-state index in [4.69, 9.17) is 10.8 Å². The summed E-state index contributed by atoms with van der Waals surface area (Å²) in [6, 6.07) is 6.80. The molecule has 1 unspecified atom stereocenters. The van der Waals surface area contributed by atoms with Crippen LogP contribution in [0.5, 0.6) is 5.75 Å². The number of nitrogens with two attached hydrogens (primary N) is 1. The predicted octanol–water partition coefficient (Wildman–Crippen LogP) is 1.38. The largest absolute Gasteiger partial charge is 0.508 e. The number of phenols is 1. The summed E-state index contributed by atoms with van der Waals surface area (Å²) in [5.41, 5.74) is 6.46. The number of benzene rings is 1. The summed E-state index contributed by atoms with van der Waals surface area (Å²) < 4.78 is 0. The molecule has 1 aromatic carbocycles. The first-order valence-electron chi connectivity index (χ1n) is 5.86. The molecular weight excluding hydrogens is 216 g/mol. The highest BCUT2D eigenvalue weighted by molar-refractivity contribution is 5.75. The van der Waals surface area contributed by atoms with Gasteiger partial charge in [0.05, 0.1) is 0 Å². The molecule has 0 saturated carbocycles. The normalized spacial score (nSPS) is 12.1. The first kappa shape index (κ1) is 13.5. The van der Waals surface area contributed by atoms with Crippen LogP contribution in [0.1, 0.15) is 25.3 Å². The molecule has 17 heavy (non-hydrogen) atoms. The molecule has 1 rings (SSSR count). The van der Waals surface area contributed by atoms with E-state index in [1.807, 2.05) is 6.92 Å². The molecule has 1 atom stereocenters. The fraction of sp³-hybridized carbons (Fsp3) is 0.462. The molecule has 1 amide bonds. The van der Waals surface area contributed by atoms with E-state index in [1.165, 1.54) is 0 Å². The molecule has 0 saturated heterocycles. The number of phenolic OH excluding ortho intramolecular Hbond substituents is 1. The molecule has 0 fully saturated rings. The predicted molar refractivity (Wildman–Crippen MR) is 67.4 cm³/mol. The van der Waals surface area contributed by atoms with Gasteiger partial charge in [-0.15, -0.1) is 0 Å². The maximum Gasteiger partial charge on any atom is 0.220 e. The van der Waals surface area contributed by atoms with Gasteiger partial charge in [-0.2, -0.15) is 0 Å². The number of aromatic hydroxyl groups is 1. The van der Waals surface area contributed by atoms with E-state index in [1.54, 1.807) is 24.3 Å². The number of hydrogen-bond donors (Lipinski definition) is 3. The van der Waals surface area contributed by atoms with E-state index in [-0.39, 0.29) is 11.7 Å². The van der Waals surface area contributed by atoms with Gasteiger partial charge in [0.15, 0.2) is 0 Å². The summed E-state index contributed by atoms with van der Waals surface area (Å²) >= 11 is 0. The quantitative estimate of drug-likeness (QED) is 0.698. The van der Waals surface area contributed by atoms with Crippen molar-refractivity contribution in [2.45, 2.75) is 26.3 Å². The van der Waals surface area contributed by atoms with Gasteiger partial charge in [-0.1, -0.05) is 19.1 Å².